The molecule has 38 heavy (non-hydrogen) atoms. The number of rotatable bonds is 4. The van der Waals surface area contributed by atoms with Crippen molar-refractivity contribution in [2.45, 2.75) is 106 Å². The van der Waals surface area contributed by atoms with Crippen LogP contribution in [0.2, 0.25) is 13.1 Å². The maximum atomic E-state index is 9.80. The summed E-state index contributed by atoms with van der Waals surface area (Å²) in [5.74, 6) is 2.42. The predicted molar refractivity (Wildman–Crippen MR) is 165 cm³/mol. The number of benzene rings is 2. The zero-order valence-corrected chi connectivity index (χ0v) is 29.1. The van der Waals surface area contributed by atoms with E-state index in [0.717, 1.165) is 9.52 Å². The Morgan fingerprint density at radius 3 is 1.11 bits per heavy atom. The number of halogens is 2. The fraction of sp³-hybridized carbons (Fsp3) is 0.471. The molecule has 4 aromatic carbocycles. The molecular formula is C34H48F2SiZr. The summed E-state index contributed by atoms with van der Waals surface area (Å²) in [6.45, 7) is 26.8. The minimum atomic E-state index is -2.77. The van der Waals surface area contributed by atoms with Gasteiger partial charge in [-0.1, -0.05) is 117 Å². The van der Waals surface area contributed by atoms with Gasteiger partial charge in [0.15, 0.2) is 0 Å². The number of hydrogen-bond acceptors (Lipinski definition) is 0. The van der Waals surface area contributed by atoms with Crippen LogP contribution in [0, 0.1) is 13.8 Å². The summed E-state index contributed by atoms with van der Waals surface area (Å²) in [4.78, 5) is 0. The Balaban J connectivity index is 0.000000315. The van der Waals surface area contributed by atoms with Gasteiger partial charge in [0, 0.05) is 9.52 Å². The van der Waals surface area contributed by atoms with E-state index in [1.807, 2.05) is 0 Å². The number of fused-ring (bicyclic) bond motifs is 2. The second kappa shape index (κ2) is 16.7. The first-order valence-corrected chi connectivity index (χ1v) is 17.6. The van der Waals surface area contributed by atoms with Crippen LogP contribution in [0.4, 0.5) is 5.25 Å². The van der Waals surface area contributed by atoms with Gasteiger partial charge < -0.3 is 0 Å². The SMILES string of the molecule is C[Si]C.Cc1cc2c(C(C)C)cc(C(C)C)cc2[cH-]1.Cc1cc2c(C(C)C)cc(C(C)C)cc2[cH-]1.[F][Zr+2][F]. The molecule has 0 aromatic heterocycles. The zero-order valence-electron chi connectivity index (χ0n) is 25.7. The molecule has 0 aliphatic rings. The van der Waals surface area contributed by atoms with E-state index >= 15 is 0 Å². The van der Waals surface area contributed by atoms with E-state index in [2.05, 4.69) is 131 Å². The van der Waals surface area contributed by atoms with E-state index in [1.54, 1.807) is 0 Å². The minimum absolute atomic E-state index is 0.600. The summed E-state index contributed by atoms with van der Waals surface area (Å²) in [6, 6.07) is 18.7. The first-order valence-electron chi connectivity index (χ1n) is 13.8. The van der Waals surface area contributed by atoms with Crippen LogP contribution >= 0.6 is 0 Å². The second-order valence-corrected chi connectivity index (χ2v) is 12.8. The average molecular weight is 614 g/mol. The molecule has 206 valence electrons. The monoisotopic (exact) mass is 612 g/mol. The Morgan fingerprint density at radius 2 is 0.868 bits per heavy atom. The molecule has 0 saturated heterocycles. The van der Waals surface area contributed by atoms with Crippen LogP contribution in [-0.4, -0.2) is 9.52 Å². The Kier molecular flexibility index (Phi) is 15.2. The molecule has 0 aliphatic heterocycles. The van der Waals surface area contributed by atoms with Crippen LogP contribution < -0.4 is 0 Å². The molecule has 4 rings (SSSR count). The number of hydrogen-bond donors (Lipinski definition) is 0. The third-order valence-electron chi connectivity index (χ3n) is 6.62. The van der Waals surface area contributed by atoms with E-state index in [4.69, 9.17) is 0 Å². The van der Waals surface area contributed by atoms with E-state index in [0.29, 0.717) is 23.7 Å². The van der Waals surface area contributed by atoms with Crippen molar-refractivity contribution in [2.75, 3.05) is 0 Å². The Hall–Kier alpha value is -1.38. The molecule has 2 radical (unpaired) electrons. The normalized spacial score (nSPS) is 10.8. The van der Waals surface area contributed by atoms with Crippen molar-refractivity contribution in [3.05, 3.63) is 81.9 Å². The molecule has 0 heterocycles. The van der Waals surface area contributed by atoms with E-state index in [-0.39, 0.29) is 0 Å². The first-order chi connectivity index (χ1) is 17.8. The quantitative estimate of drug-likeness (QED) is 0.159. The summed E-state index contributed by atoms with van der Waals surface area (Å²) in [5, 5.41) is 5.70. The molecule has 0 N–H and O–H groups in total. The summed E-state index contributed by atoms with van der Waals surface area (Å²) in [6.07, 6.45) is 0. The standard InChI is InChI=1S/2C16H21.C2H6Si.2FH.Zr/c2*1-10(2)13-8-14-6-12(5)7-16(14)15(9-13)11(3)4;1-3-2;;;/h2*6-11H,1-5H3;1-2H3;2*1H;/q2*-1;;;;+4/p-2. The average Bonchev–Trinajstić information content (AvgIpc) is 3.39. The predicted octanol–water partition coefficient (Wildman–Crippen LogP) is 11.9. The maximum absolute atomic E-state index is 9.80. The van der Waals surface area contributed by atoms with Crippen LogP contribution in [0.5, 0.6) is 0 Å². The molecule has 0 spiro atoms. The van der Waals surface area contributed by atoms with Crippen LogP contribution in [0.3, 0.4) is 0 Å². The summed E-state index contributed by atoms with van der Waals surface area (Å²) in [5.41, 5.74) is 8.66. The van der Waals surface area contributed by atoms with Crippen molar-refractivity contribution >= 4 is 31.1 Å². The molecule has 0 unspecified atom stereocenters. The molecule has 0 amide bonds. The van der Waals surface area contributed by atoms with Crippen LogP contribution in [0.1, 0.15) is 112 Å². The van der Waals surface area contributed by atoms with E-state index < -0.39 is 24.5 Å². The van der Waals surface area contributed by atoms with Crippen molar-refractivity contribution in [3.63, 3.8) is 0 Å². The van der Waals surface area contributed by atoms with Crippen LogP contribution in [0.15, 0.2) is 48.5 Å². The van der Waals surface area contributed by atoms with Crippen LogP contribution in [-0.2, 0) is 24.5 Å². The van der Waals surface area contributed by atoms with Crippen molar-refractivity contribution in [3.8, 4) is 0 Å². The summed E-state index contributed by atoms with van der Waals surface area (Å²) in [7, 11) is 1.08. The third kappa shape index (κ3) is 9.98. The fourth-order valence-electron chi connectivity index (χ4n) is 4.67. The first kappa shape index (κ1) is 34.6. The van der Waals surface area contributed by atoms with Gasteiger partial charge in [-0.05, 0) is 23.7 Å². The summed E-state index contributed by atoms with van der Waals surface area (Å²) >= 11 is -2.77. The topological polar surface area (TPSA) is 0 Å². The molecule has 0 nitrogen and oxygen atoms in total. The van der Waals surface area contributed by atoms with Gasteiger partial charge in [0.1, 0.15) is 0 Å². The molecule has 0 atom stereocenters. The van der Waals surface area contributed by atoms with Gasteiger partial charge in [-0.15, -0.1) is 56.9 Å². The van der Waals surface area contributed by atoms with Gasteiger partial charge in [0.2, 0.25) is 0 Å². The van der Waals surface area contributed by atoms with Gasteiger partial charge in [-0.2, -0.15) is 12.1 Å². The summed E-state index contributed by atoms with van der Waals surface area (Å²) < 4.78 is 19.6. The van der Waals surface area contributed by atoms with Crippen LogP contribution in [0.25, 0.3) is 21.5 Å². The van der Waals surface area contributed by atoms with E-state index in [1.165, 1.54) is 54.9 Å². The molecule has 0 aliphatic carbocycles. The molecule has 0 bridgehead atoms. The van der Waals surface area contributed by atoms with Crippen molar-refractivity contribution < 1.29 is 29.7 Å². The molecule has 0 fully saturated rings. The second-order valence-electron chi connectivity index (χ2n) is 11.5. The van der Waals surface area contributed by atoms with E-state index in [9.17, 15) is 5.25 Å². The Labute approximate surface area is 247 Å². The van der Waals surface area contributed by atoms with Gasteiger partial charge in [0.25, 0.3) is 0 Å². The van der Waals surface area contributed by atoms with Crippen molar-refractivity contribution in [1.29, 1.82) is 0 Å². The van der Waals surface area contributed by atoms with Crippen molar-refractivity contribution in [1.82, 2.24) is 0 Å². The molecule has 4 aromatic rings. The van der Waals surface area contributed by atoms with Gasteiger partial charge in [-0.3, -0.25) is 0 Å². The van der Waals surface area contributed by atoms with Gasteiger partial charge >= 0.3 is 29.7 Å². The number of aryl methyl sites for hydroxylation is 2. The Bertz CT molecular complexity index is 1150. The third-order valence-corrected chi connectivity index (χ3v) is 6.62. The molecule has 0 saturated carbocycles. The fourth-order valence-corrected chi connectivity index (χ4v) is 4.67. The van der Waals surface area contributed by atoms with Gasteiger partial charge in [0.05, 0.1) is 0 Å². The van der Waals surface area contributed by atoms with Crippen molar-refractivity contribution in [2.24, 2.45) is 0 Å². The Morgan fingerprint density at radius 1 is 0.579 bits per heavy atom. The zero-order chi connectivity index (χ0) is 29.2. The van der Waals surface area contributed by atoms with Gasteiger partial charge in [-0.25, -0.2) is 0 Å². The molecular weight excluding hydrogens is 566 g/mol. The molecule has 4 heteroatoms.